The first-order chi connectivity index (χ1) is 11.9. The Kier molecular flexibility index (Phi) is 5.41. The number of rotatable bonds is 3. The molecule has 2 aromatic rings. The minimum Gasteiger partial charge on any atom is -0.347 e. The number of halogens is 1. The van der Waals surface area contributed by atoms with E-state index in [2.05, 4.69) is 4.72 Å². The van der Waals surface area contributed by atoms with E-state index in [0.717, 1.165) is 42.3 Å². The van der Waals surface area contributed by atoms with Gasteiger partial charge in [0.2, 0.25) is 10.0 Å². The zero-order valence-corrected chi connectivity index (χ0v) is 16.9. The number of aromatic nitrogens is 1. The molecule has 2 atom stereocenters. The minimum atomic E-state index is -3.57. The second-order valence-corrected chi connectivity index (χ2v) is 9.47. The van der Waals surface area contributed by atoms with Crippen molar-refractivity contribution in [1.29, 1.82) is 0 Å². The molecule has 0 spiro atoms. The van der Waals surface area contributed by atoms with Gasteiger partial charge in [-0.1, -0.05) is 24.6 Å². The highest BCUT2D eigenvalue weighted by Crippen LogP contribution is 2.41. The molecule has 2 fully saturated rings. The molecule has 3 N–H and O–H groups in total. The number of nitrogens with two attached hydrogens (primary N) is 1. The van der Waals surface area contributed by atoms with Crippen LogP contribution < -0.4 is 10.5 Å². The van der Waals surface area contributed by atoms with E-state index in [0.29, 0.717) is 16.7 Å². The molecular weight excluding hydrogens is 370 g/mol. The lowest BCUT2D eigenvalue weighted by Crippen LogP contribution is -2.53. The first-order valence-electron chi connectivity index (χ1n) is 9.20. The number of fused-ring (bicyclic) bond motifs is 3. The molecule has 0 saturated heterocycles. The molecular formula is C19H28ClN3O2S. The maximum atomic E-state index is 13.3. The Hall–Kier alpha value is -1.08. The fraction of sp³-hybridized carbons (Fsp3) is 0.579. The highest BCUT2D eigenvalue weighted by molar-refractivity contribution is 7.89. The van der Waals surface area contributed by atoms with Gasteiger partial charge in [-0.3, -0.25) is 0 Å². The highest BCUT2D eigenvalue weighted by Gasteiger charge is 2.41. The normalized spacial score (nSPS) is 28.7. The van der Waals surface area contributed by atoms with Crippen LogP contribution in [0.25, 0.3) is 10.9 Å². The van der Waals surface area contributed by atoms with Crippen LogP contribution in [0, 0.1) is 18.8 Å². The van der Waals surface area contributed by atoms with Gasteiger partial charge in [-0.15, -0.1) is 12.4 Å². The molecule has 144 valence electrons. The maximum absolute atomic E-state index is 13.3. The van der Waals surface area contributed by atoms with Crippen LogP contribution in [0.3, 0.4) is 0 Å². The Balaban J connectivity index is 0.00000196. The summed E-state index contributed by atoms with van der Waals surface area (Å²) in [7, 11) is -1.65. The molecule has 1 heterocycles. The van der Waals surface area contributed by atoms with Gasteiger partial charge in [-0.05, 0) is 50.5 Å². The molecule has 2 aliphatic carbocycles. The SMILES string of the molecule is Cc1c(S(=O)(=O)NC2C3CCCC2CC(N)C3)c2ccccc2n1C.Cl. The average Bonchev–Trinajstić information content (AvgIpc) is 2.80. The van der Waals surface area contributed by atoms with Crippen LogP contribution in [0.2, 0.25) is 0 Å². The average molecular weight is 398 g/mol. The molecule has 0 amide bonds. The maximum Gasteiger partial charge on any atom is 0.243 e. The Morgan fingerprint density at radius 3 is 2.42 bits per heavy atom. The largest absolute Gasteiger partial charge is 0.347 e. The van der Waals surface area contributed by atoms with Crippen LogP contribution in [-0.2, 0) is 17.1 Å². The standard InChI is InChI=1S/C19H27N3O2S.ClH/c1-12-19(16-8-3-4-9-17(16)22(12)2)25(23,24)21-18-13-6-5-7-14(18)11-15(20)10-13;/h3-4,8-9,13-15,18,21H,5-7,10-11,20H2,1-2H3;1H. The Bertz CT molecular complexity index is 895. The quantitative estimate of drug-likeness (QED) is 0.835. The van der Waals surface area contributed by atoms with Crippen LogP contribution in [0.4, 0.5) is 0 Å². The van der Waals surface area contributed by atoms with E-state index in [1.54, 1.807) is 0 Å². The lowest BCUT2D eigenvalue weighted by atomic mass is 9.67. The smallest absolute Gasteiger partial charge is 0.243 e. The number of nitrogens with one attached hydrogen (secondary N) is 1. The summed E-state index contributed by atoms with van der Waals surface area (Å²) in [6, 6.07) is 7.95. The van der Waals surface area contributed by atoms with Gasteiger partial charge in [0, 0.05) is 35.7 Å². The van der Waals surface area contributed by atoms with E-state index in [-0.39, 0.29) is 24.5 Å². The van der Waals surface area contributed by atoms with E-state index in [1.807, 2.05) is 42.8 Å². The third-order valence-electron chi connectivity index (χ3n) is 6.28. The highest BCUT2D eigenvalue weighted by atomic mass is 35.5. The molecule has 7 heteroatoms. The molecule has 26 heavy (non-hydrogen) atoms. The number of hydrogen-bond acceptors (Lipinski definition) is 3. The minimum absolute atomic E-state index is 0. The summed E-state index contributed by atoms with van der Waals surface area (Å²) in [5, 5.41) is 0.799. The molecule has 2 unspecified atom stereocenters. The summed E-state index contributed by atoms with van der Waals surface area (Å²) in [5.41, 5.74) is 7.92. The van der Waals surface area contributed by atoms with E-state index < -0.39 is 10.0 Å². The van der Waals surface area contributed by atoms with Crippen molar-refractivity contribution in [3.05, 3.63) is 30.0 Å². The summed E-state index contributed by atoms with van der Waals surface area (Å²) >= 11 is 0. The number of hydrogen-bond donors (Lipinski definition) is 2. The Morgan fingerprint density at radius 2 is 1.77 bits per heavy atom. The molecule has 5 nitrogen and oxygen atoms in total. The van der Waals surface area contributed by atoms with Gasteiger partial charge in [0.15, 0.2) is 0 Å². The predicted molar refractivity (Wildman–Crippen MR) is 107 cm³/mol. The first kappa shape index (κ1) is 19.7. The second-order valence-electron chi connectivity index (χ2n) is 7.82. The summed E-state index contributed by atoms with van der Waals surface area (Å²) in [5.74, 6) is 0.736. The monoisotopic (exact) mass is 397 g/mol. The van der Waals surface area contributed by atoms with Gasteiger partial charge in [0.1, 0.15) is 4.90 Å². The number of aryl methyl sites for hydroxylation is 1. The number of benzene rings is 1. The van der Waals surface area contributed by atoms with Crippen LogP contribution >= 0.6 is 12.4 Å². The fourth-order valence-electron chi connectivity index (χ4n) is 5.04. The first-order valence-corrected chi connectivity index (χ1v) is 10.7. The van der Waals surface area contributed by atoms with Gasteiger partial charge in [0.25, 0.3) is 0 Å². The number of nitrogens with zero attached hydrogens (tertiary/aromatic N) is 1. The van der Waals surface area contributed by atoms with Gasteiger partial charge in [0.05, 0.1) is 0 Å². The zero-order valence-electron chi connectivity index (χ0n) is 15.3. The molecule has 0 aliphatic heterocycles. The van der Waals surface area contributed by atoms with E-state index in [4.69, 9.17) is 5.73 Å². The second kappa shape index (κ2) is 7.15. The molecule has 2 saturated carbocycles. The molecule has 2 bridgehead atoms. The van der Waals surface area contributed by atoms with Crippen LogP contribution in [0.1, 0.15) is 37.8 Å². The number of para-hydroxylation sites is 1. The van der Waals surface area contributed by atoms with Crippen molar-refractivity contribution in [1.82, 2.24) is 9.29 Å². The van der Waals surface area contributed by atoms with Gasteiger partial charge < -0.3 is 10.3 Å². The van der Waals surface area contributed by atoms with Crippen molar-refractivity contribution in [3.63, 3.8) is 0 Å². The fourth-order valence-corrected chi connectivity index (χ4v) is 6.89. The van der Waals surface area contributed by atoms with Crippen molar-refractivity contribution in [2.45, 2.75) is 56.0 Å². The lowest BCUT2D eigenvalue weighted by molar-refractivity contribution is 0.125. The van der Waals surface area contributed by atoms with Crippen molar-refractivity contribution in [2.75, 3.05) is 0 Å². The third kappa shape index (κ3) is 3.17. The van der Waals surface area contributed by atoms with Crippen LogP contribution in [0.5, 0.6) is 0 Å². The van der Waals surface area contributed by atoms with Crippen molar-refractivity contribution in [3.8, 4) is 0 Å². The molecule has 1 aromatic heterocycles. The van der Waals surface area contributed by atoms with E-state index in [9.17, 15) is 8.42 Å². The Morgan fingerprint density at radius 1 is 1.15 bits per heavy atom. The molecule has 4 rings (SSSR count). The predicted octanol–water partition coefficient (Wildman–Crippen LogP) is 3.09. The van der Waals surface area contributed by atoms with Crippen LogP contribution in [0.15, 0.2) is 29.2 Å². The summed E-state index contributed by atoms with van der Waals surface area (Å²) < 4.78 is 31.7. The lowest BCUT2D eigenvalue weighted by Gasteiger charge is -2.45. The van der Waals surface area contributed by atoms with Gasteiger partial charge in [-0.25, -0.2) is 13.1 Å². The van der Waals surface area contributed by atoms with Crippen molar-refractivity contribution in [2.24, 2.45) is 24.6 Å². The third-order valence-corrected chi connectivity index (χ3v) is 7.91. The summed E-state index contributed by atoms with van der Waals surface area (Å²) in [6.07, 6.45) is 5.20. The Labute approximate surface area is 161 Å². The summed E-state index contributed by atoms with van der Waals surface area (Å²) in [6.45, 7) is 1.88. The topological polar surface area (TPSA) is 77.1 Å². The van der Waals surface area contributed by atoms with Gasteiger partial charge >= 0.3 is 0 Å². The molecule has 2 aliphatic rings. The molecule has 1 aromatic carbocycles. The number of sulfonamides is 1. The summed E-state index contributed by atoms with van der Waals surface area (Å²) in [4.78, 5) is 0.429. The van der Waals surface area contributed by atoms with E-state index >= 15 is 0 Å². The molecule has 0 radical (unpaired) electrons. The van der Waals surface area contributed by atoms with Crippen molar-refractivity contribution >= 4 is 33.3 Å². The van der Waals surface area contributed by atoms with Crippen LogP contribution in [-0.4, -0.2) is 25.1 Å². The van der Waals surface area contributed by atoms with E-state index in [1.165, 1.54) is 6.42 Å². The van der Waals surface area contributed by atoms with Gasteiger partial charge in [-0.2, -0.15) is 0 Å². The zero-order chi connectivity index (χ0) is 17.8. The van der Waals surface area contributed by atoms with Crippen molar-refractivity contribution < 1.29 is 8.42 Å².